The summed E-state index contributed by atoms with van der Waals surface area (Å²) in [7, 11) is 1.37. The second-order valence-electron chi connectivity index (χ2n) is 7.20. The van der Waals surface area contributed by atoms with Gasteiger partial charge in [0.2, 0.25) is 0 Å². The van der Waals surface area contributed by atoms with Gasteiger partial charge in [-0.1, -0.05) is 11.6 Å². The summed E-state index contributed by atoms with van der Waals surface area (Å²) < 4.78 is 24.0. The SMILES string of the molecule is COC(=O)C1CC(N)(Cc2nnn(-c3ccc(Oc4ncc(Cl)cc4F)cc3)n2)C1. The van der Waals surface area contributed by atoms with Crippen LogP contribution in [-0.2, 0) is 16.0 Å². The Labute approximate surface area is 175 Å². The average molecular weight is 433 g/mol. The largest absolute Gasteiger partial charge is 0.469 e. The van der Waals surface area contributed by atoms with E-state index in [2.05, 4.69) is 20.4 Å². The van der Waals surface area contributed by atoms with E-state index < -0.39 is 11.4 Å². The van der Waals surface area contributed by atoms with Crippen molar-refractivity contribution in [2.75, 3.05) is 7.11 Å². The predicted octanol–water partition coefficient (Wildman–Crippen LogP) is 2.47. The van der Waals surface area contributed by atoms with Gasteiger partial charge in [0.25, 0.3) is 5.88 Å². The van der Waals surface area contributed by atoms with Gasteiger partial charge in [-0.15, -0.1) is 15.0 Å². The van der Waals surface area contributed by atoms with Crippen LogP contribution in [0.5, 0.6) is 11.6 Å². The van der Waals surface area contributed by atoms with Gasteiger partial charge in [-0.3, -0.25) is 4.79 Å². The lowest BCUT2D eigenvalue weighted by atomic mass is 9.67. The molecule has 3 aromatic rings. The number of carbonyl (C=O) groups is 1. The maximum absolute atomic E-state index is 13.8. The Morgan fingerprint density at radius 2 is 2.10 bits per heavy atom. The maximum Gasteiger partial charge on any atom is 0.308 e. The third-order valence-corrected chi connectivity index (χ3v) is 5.07. The number of pyridine rings is 1. The van der Waals surface area contributed by atoms with Crippen LogP contribution in [0.25, 0.3) is 5.69 Å². The number of nitrogens with two attached hydrogens (primary N) is 1. The molecule has 0 spiro atoms. The predicted molar refractivity (Wildman–Crippen MR) is 104 cm³/mol. The number of tetrazole rings is 1. The highest BCUT2D eigenvalue weighted by molar-refractivity contribution is 6.30. The van der Waals surface area contributed by atoms with E-state index >= 15 is 0 Å². The summed E-state index contributed by atoms with van der Waals surface area (Å²) in [4.78, 5) is 16.7. The fourth-order valence-electron chi connectivity index (χ4n) is 3.37. The molecule has 0 amide bonds. The first kappa shape index (κ1) is 20.2. The molecule has 1 aliphatic carbocycles. The van der Waals surface area contributed by atoms with Crippen molar-refractivity contribution in [3.63, 3.8) is 0 Å². The lowest BCUT2D eigenvalue weighted by Gasteiger charge is -2.42. The minimum Gasteiger partial charge on any atom is -0.469 e. The summed E-state index contributed by atoms with van der Waals surface area (Å²) in [5, 5.41) is 12.6. The number of hydrogen-bond acceptors (Lipinski definition) is 8. The van der Waals surface area contributed by atoms with Crippen LogP contribution in [0.2, 0.25) is 5.02 Å². The highest BCUT2D eigenvalue weighted by Crippen LogP contribution is 2.38. The number of carbonyl (C=O) groups excluding carboxylic acids is 1. The smallest absolute Gasteiger partial charge is 0.308 e. The highest BCUT2D eigenvalue weighted by atomic mass is 35.5. The minimum absolute atomic E-state index is 0.174. The Bertz CT molecular complexity index is 1070. The molecular formula is C19H18ClFN6O3. The second kappa shape index (κ2) is 7.96. The molecule has 2 heterocycles. The summed E-state index contributed by atoms with van der Waals surface area (Å²) in [6.45, 7) is 0. The maximum atomic E-state index is 13.8. The van der Waals surface area contributed by atoms with Gasteiger partial charge in [0.05, 0.1) is 23.7 Å². The monoisotopic (exact) mass is 432 g/mol. The topological polar surface area (TPSA) is 118 Å². The molecule has 0 radical (unpaired) electrons. The molecule has 30 heavy (non-hydrogen) atoms. The van der Waals surface area contributed by atoms with Crippen molar-refractivity contribution in [3.8, 4) is 17.3 Å². The molecule has 1 aliphatic rings. The first-order chi connectivity index (χ1) is 14.3. The Morgan fingerprint density at radius 1 is 1.37 bits per heavy atom. The number of aromatic nitrogens is 5. The average Bonchev–Trinajstić information content (AvgIpc) is 3.16. The Hall–Kier alpha value is -3.11. The molecule has 1 fully saturated rings. The first-order valence-electron chi connectivity index (χ1n) is 9.10. The Kier molecular flexibility index (Phi) is 5.35. The molecule has 0 bridgehead atoms. The van der Waals surface area contributed by atoms with Crippen molar-refractivity contribution in [2.45, 2.75) is 24.8 Å². The summed E-state index contributed by atoms with van der Waals surface area (Å²) in [6.07, 6.45) is 2.75. The summed E-state index contributed by atoms with van der Waals surface area (Å²) in [5.41, 5.74) is 6.39. The van der Waals surface area contributed by atoms with Crippen molar-refractivity contribution < 1.29 is 18.7 Å². The van der Waals surface area contributed by atoms with Gasteiger partial charge in [-0.25, -0.2) is 9.37 Å². The normalized spacial score (nSPS) is 20.5. The Morgan fingerprint density at radius 3 is 2.77 bits per heavy atom. The number of halogens is 2. The molecule has 0 atom stereocenters. The minimum atomic E-state index is -0.657. The van der Waals surface area contributed by atoms with E-state index in [0.717, 1.165) is 6.07 Å². The van der Waals surface area contributed by atoms with E-state index in [9.17, 15) is 9.18 Å². The number of rotatable bonds is 6. The van der Waals surface area contributed by atoms with Gasteiger partial charge >= 0.3 is 5.97 Å². The molecule has 156 valence electrons. The van der Waals surface area contributed by atoms with Crippen molar-refractivity contribution >= 4 is 17.6 Å². The number of nitrogens with zero attached hydrogens (tertiary/aromatic N) is 5. The fourth-order valence-corrected chi connectivity index (χ4v) is 3.52. The zero-order valence-electron chi connectivity index (χ0n) is 16.0. The van der Waals surface area contributed by atoms with Crippen LogP contribution < -0.4 is 10.5 Å². The van der Waals surface area contributed by atoms with Gasteiger partial charge in [0.15, 0.2) is 11.6 Å². The highest BCUT2D eigenvalue weighted by Gasteiger charge is 2.46. The summed E-state index contributed by atoms with van der Waals surface area (Å²) in [5.74, 6) is -0.389. The lowest BCUT2D eigenvalue weighted by Crippen LogP contribution is -2.55. The van der Waals surface area contributed by atoms with Crippen LogP contribution in [0, 0.1) is 11.7 Å². The van der Waals surface area contributed by atoms with Crippen molar-refractivity contribution in [2.24, 2.45) is 11.7 Å². The van der Waals surface area contributed by atoms with E-state index in [1.807, 2.05) is 0 Å². The molecule has 0 unspecified atom stereocenters. The first-order valence-corrected chi connectivity index (χ1v) is 9.48. The van der Waals surface area contributed by atoms with E-state index in [4.69, 9.17) is 26.8 Å². The zero-order chi connectivity index (χ0) is 21.3. The van der Waals surface area contributed by atoms with E-state index in [-0.39, 0.29) is 22.8 Å². The number of hydrogen-bond donors (Lipinski definition) is 1. The molecular weight excluding hydrogens is 415 g/mol. The number of esters is 1. The molecule has 9 nitrogen and oxygen atoms in total. The van der Waals surface area contributed by atoms with Crippen molar-refractivity contribution in [3.05, 3.63) is 53.2 Å². The van der Waals surface area contributed by atoms with Crippen LogP contribution in [0.1, 0.15) is 18.7 Å². The molecule has 4 rings (SSSR count). The third-order valence-electron chi connectivity index (χ3n) is 4.86. The number of methoxy groups -OCH3 is 1. The molecule has 0 saturated heterocycles. The van der Waals surface area contributed by atoms with Crippen molar-refractivity contribution in [1.82, 2.24) is 25.2 Å². The molecule has 2 N–H and O–H groups in total. The molecule has 1 saturated carbocycles. The fraction of sp³-hybridized carbons (Fsp3) is 0.316. The number of ether oxygens (including phenoxy) is 2. The lowest BCUT2D eigenvalue weighted by molar-refractivity contribution is -0.150. The van der Waals surface area contributed by atoms with E-state index in [0.29, 0.717) is 36.5 Å². The van der Waals surface area contributed by atoms with Crippen LogP contribution in [-0.4, -0.2) is 43.8 Å². The number of benzene rings is 1. The van der Waals surface area contributed by atoms with Gasteiger partial charge < -0.3 is 15.2 Å². The third kappa shape index (κ3) is 4.24. The van der Waals surface area contributed by atoms with Gasteiger partial charge in [0.1, 0.15) is 5.75 Å². The zero-order valence-corrected chi connectivity index (χ0v) is 16.7. The second-order valence-corrected chi connectivity index (χ2v) is 7.64. The van der Waals surface area contributed by atoms with E-state index in [1.54, 1.807) is 24.3 Å². The van der Waals surface area contributed by atoms with Crippen LogP contribution in [0.3, 0.4) is 0 Å². The van der Waals surface area contributed by atoms with Crippen LogP contribution >= 0.6 is 11.6 Å². The molecule has 1 aromatic carbocycles. The van der Waals surface area contributed by atoms with E-state index in [1.165, 1.54) is 18.1 Å². The van der Waals surface area contributed by atoms with Crippen LogP contribution in [0.4, 0.5) is 4.39 Å². The molecule has 0 aliphatic heterocycles. The Balaban J connectivity index is 1.40. The standard InChI is InChI=1S/C19H18ClFN6O3/c1-29-18(28)11-7-19(22,8-11)9-16-24-26-27(25-16)13-2-4-14(5-3-13)30-17-15(21)6-12(20)10-23-17/h2-6,10-11H,7-9,22H2,1H3. The quantitative estimate of drug-likeness (QED) is 0.590. The summed E-state index contributed by atoms with van der Waals surface area (Å²) >= 11 is 5.68. The van der Waals surface area contributed by atoms with Crippen LogP contribution in [0.15, 0.2) is 36.5 Å². The van der Waals surface area contributed by atoms with Gasteiger partial charge in [-0.2, -0.15) is 0 Å². The van der Waals surface area contributed by atoms with Gasteiger partial charge in [0, 0.05) is 18.2 Å². The molecule has 2 aromatic heterocycles. The summed E-state index contributed by atoms with van der Waals surface area (Å²) in [6, 6.07) is 7.78. The van der Waals surface area contributed by atoms with Crippen molar-refractivity contribution in [1.29, 1.82) is 0 Å². The van der Waals surface area contributed by atoms with Gasteiger partial charge in [-0.05, 0) is 48.4 Å². The molecule has 11 heteroatoms.